The maximum Gasteiger partial charge on any atom is 0.252 e. The molecule has 0 aromatic carbocycles. The third kappa shape index (κ3) is 4.39. The maximum atomic E-state index is 11.9. The van der Waals surface area contributed by atoms with E-state index in [2.05, 4.69) is 27.9 Å². The van der Waals surface area contributed by atoms with Crippen molar-refractivity contribution in [2.45, 2.75) is 37.8 Å². The molecule has 0 saturated heterocycles. The second-order valence-corrected chi connectivity index (χ2v) is 7.03. The number of rotatable bonds is 2. The molecule has 1 amide bonds. The molecule has 1 fully saturated rings. The van der Waals surface area contributed by atoms with E-state index in [0.29, 0.717) is 12.1 Å². The summed E-state index contributed by atoms with van der Waals surface area (Å²) in [4.78, 5) is 11.9. The highest BCUT2D eigenvalue weighted by Gasteiger charge is 2.20. The Hall–Kier alpha value is 0.150. The number of carbonyl (C=O) groups is 1. The lowest BCUT2D eigenvalue weighted by atomic mass is 9.92. The van der Waals surface area contributed by atoms with Crippen molar-refractivity contribution >= 4 is 52.2 Å². The summed E-state index contributed by atoms with van der Waals surface area (Å²) in [6.45, 7) is 0. The lowest BCUT2D eigenvalue weighted by Gasteiger charge is -2.26. The first-order valence-corrected chi connectivity index (χ1v) is 7.41. The summed E-state index contributed by atoms with van der Waals surface area (Å²) in [5.41, 5.74) is 6.61. The fourth-order valence-corrected chi connectivity index (χ4v) is 3.29. The number of nitrogens with two attached hydrogens (primary N) is 1. The molecule has 1 heterocycles. The highest BCUT2D eigenvalue weighted by molar-refractivity contribution is 14.1. The Labute approximate surface area is 125 Å². The number of thiophene rings is 1. The summed E-state index contributed by atoms with van der Waals surface area (Å²) in [6.07, 6.45) is 4.06. The molecule has 1 aliphatic carbocycles. The average Bonchev–Trinajstić information content (AvgIpc) is 2.68. The van der Waals surface area contributed by atoms with Gasteiger partial charge in [-0.2, -0.15) is 0 Å². The van der Waals surface area contributed by atoms with E-state index in [1.165, 1.54) is 0 Å². The zero-order valence-corrected chi connectivity index (χ0v) is 13.1. The van der Waals surface area contributed by atoms with Gasteiger partial charge in [-0.15, -0.1) is 23.7 Å². The molecule has 3 nitrogen and oxygen atoms in total. The van der Waals surface area contributed by atoms with Crippen LogP contribution < -0.4 is 11.1 Å². The summed E-state index contributed by atoms with van der Waals surface area (Å²) in [5.74, 6) is 0.0552. The molecule has 96 valence electrons. The molecule has 1 aromatic heterocycles. The molecule has 1 aromatic rings. The van der Waals surface area contributed by atoms with Crippen molar-refractivity contribution < 1.29 is 4.79 Å². The van der Waals surface area contributed by atoms with Crippen LogP contribution in [-0.2, 0) is 0 Å². The van der Waals surface area contributed by atoms with Crippen molar-refractivity contribution in [3.8, 4) is 0 Å². The highest BCUT2D eigenvalue weighted by atomic mass is 127. The number of nitrogens with one attached hydrogen (secondary N) is 1. The second kappa shape index (κ2) is 6.92. The molecule has 0 unspecified atom stereocenters. The van der Waals surface area contributed by atoms with Crippen LogP contribution >= 0.6 is 46.3 Å². The Morgan fingerprint density at radius 3 is 2.59 bits per heavy atom. The fraction of sp³-hybridized carbons (Fsp3) is 0.545. The van der Waals surface area contributed by atoms with Gasteiger partial charge in [0.25, 0.3) is 5.91 Å². The molecule has 1 saturated carbocycles. The molecule has 17 heavy (non-hydrogen) atoms. The van der Waals surface area contributed by atoms with Crippen molar-refractivity contribution in [1.82, 2.24) is 5.32 Å². The predicted octanol–water partition coefficient (Wildman–Crippen LogP) is 2.77. The van der Waals surface area contributed by atoms with E-state index in [9.17, 15) is 4.79 Å². The minimum atomic E-state index is 0. The molecular formula is C11H16ClIN2OS. The van der Waals surface area contributed by atoms with Crippen LogP contribution in [0.25, 0.3) is 0 Å². The van der Waals surface area contributed by atoms with Crippen molar-refractivity contribution in [2.24, 2.45) is 5.73 Å². The molecule has 0 atom stereocenters. The van der Waals surface area contributed by atoms with Gasteiger partial charge in [-0.25, -0.2) is 0 Å². The van der Waals surface area contributed by atoms with Crippen LogP contribution in [0.2, 0.25) is 0 Å². The highest BCUT2D eigenvalue weighted by Crippen LogP contribution is 2.19. The van der Waals surface area contributed by atoms with Gasteiger partial charge in [0, 0.05) is 17.5 Å². The van der Waals surface area contributed by atoms with E-state index in [-0.39, 0.29) is 18.3 Å². The van der Waals surface area contributed by atoms with Gasteiger partial charge >= 0.3 is 0 Å². The predicted molar refractivity (Wildman–Crippen MR) is 82.0 cm³/mol. The van der Waals surface area contributed by atoms with Gasteiger partial charge in [0.1, 0.15) is 0 Å². The number of amides is 1. The Bertz CT molecular complexity index is 377. The molecule has 6 heteroatoms. The normalized spacial score (nSPS) is 23.9. The third-order valence-electron chi connectivity index (χ3n) is 2.94. The zero-order chi connectivity index (χ0) is 11.5. The number of halogens is 2. The fourth-order valence-electron chi connectivity index (χ4n) is 1.96. The summed E-state index contributed by atoms with van der Waals surface area (Å²) in [7, 11) is 0. The first kappa shape index (κ1) is 15.2. The van der Waals surface area contributed by atoms with Gasteiger partial charge in [0.15, 0.2) is 0 Å². The van der Waals surface area contributed by atoms with Crippen LogP contribution in [0.3, 0.4) is 0 Å². The van der Waals surface area contributed by atoms with Crippen LogP contribution in [0, 0.1) is 2.88 Å². The molecule has 1 aliphatic rings. The van der Waals surface area contributed by atoms with Gasteiger partial charge in [-0.3, -0.25) is 4.79 Å². The summed E-state index contributed by atoms with van der Waals surface area (Å²) in [5, 5.41) is 4.99. The summed E-state index contributed by atoms with van der Waals surface area (Å²) in [6, 6.07) is 2.56. The molecular weight excluding hydrogens is 371 g/mol. The van der Waals surface area contributed by atoms with E-state index in [1.54, 1.807) is 11.3 Å². The van der Waals surface area contributed by atoms with E-state index < -0.39 is 0 Å². The summed E-state index contributed by atoms with van der Waals surface area (Å²) >= 11 is 3.83. The summed E-state index contributed by atoms with van der Waals surface area (Å²) < 4.78 is 1.15. The van der Waals surface area contributed by atoms with Gasteiger partial charge in [0.2, 0.25) is 0 Å². The Morgan fingerprint density at radius 2 is 2.06 bits per heavy atom. The third-order valence-corrected chi connectivity index (χ3v) is 4.73. The van der Waals surface area contributed by atoms with E-state index in [0.717, 1.165) is 34.1 Å². The van der Waals surface area contributed by atoms with Crippen LogP contribution in [0.4, 0.5) is 0 Å². The lowest BCUT2D eigenvalue weighted by molar-refractivity contribution is 0.0926. The molecule has 0 radical (unpaired) electrons. The Morgan fingerprint density at radius 1 is 1.41 bits per heavy atom. The zero-order valence-electron chi connectivity index (χ0n) is 9.32. The maximum absolute atomic E-state index is 11.9. The standard InChI is InChI=1S/C11H15IN2OS.ClH/c12-10-5-7(6-16-10)11(15)14-9-3-1-8(13)2-4-9;/h5-6,8-9H,1-4,13H2,(H,14,15);1H. The quantitative estimate of drug-likeness (QED) is 0.768. The van der Waals surface area contributed by atoms with E-state index in [4.69, 9.17) is 5.73 Å². The molecule has 0 aliphatic heterocycles. The lowest BCUT2D eigenvalue weighted by Crippen LogP contribution is -2.40. The second-order valence-electron chi connectivity index (χ2n) is 4.22. The smallest absolute Gasteiger partial charge is 0.252 e. The van der Waals surface area contributed by atoms with Crippen molar-refractivity contribution in [3.63, 3.8) is 0 Å². The minimum absolute atomic E-state index is 0. The van der Waals surface area contributed by atoms with Crippen molar-refractivity contribution in [1.29, 1.82) is 0 Å². The van der Waals surface area contributed by atoms with Gasteiger partial charge in [-0.05, 0) is 54.3 Å². The van der Waals surface area contributed by atoms with Gasteiger partial charge in [-0.1, -0.05) is 0 Å². The number of carbonyl (C=O) groups excluding carboxylic acids is 1. The SMILES string of the molecule is Cl.NC1CCC(NC(=O)c2csc(I)c2)CC1. The first-order valence-electron chi connectivity index (χ1n) is 5.45. The topological polar surface area (TPSA) is 55.1 Å². The Balaban J connectivity index is 0.00000144. The van der Waals surface area contributed by atoms with Gasteiger partial charge < -0.3 is 11.1 Å². The average molecular weight is 387 g/mol. The van der Waals surface area contributed by atoms with Crippen LogP contribution in [0.15, 0.2) is 11.4 Å². The molecule has 0 bridgehead atoms. The molecule has 3 N–H and O–H groups in total. The monoisotopic (exact) mass is 386 g/mol. The van der Waals surface area contributed by atoms with Crippen LogP contribution in [-0.4, -0.2) is 18.0 Å². The van der Waals surface area contributed by atoms with E-state index >= 15 is 0 Å². The van der Waals surface area contributed by atoms with Crippen LogP contribution in [0.5, 0.6) is 0 Å². The first-order chi connectivity index (χ1) is 7.65. The van der Waals surface area contributed by atoms with Crippen LogP contribution in [0.1, 0.15) is 36.0 Å². The largest absolute Gasteiger partial charge is 0.349 e. The Kier molecular flexibility index (Phi) is 6.19. The van der Waals surface area contributed by atoms with Crippen molar-refractivity contribution in [2.75, 3.05) is 0 Å². The number of hydrogen-bond acceptors (Lipinski definition) is 3. The van der Waals surface area contributed by atoms with E-state index in [1.807, 2.05) is 11.4 Å². The number of hydrogen-bond donors (Lipinski definition) is 2. The minimum Gasteiger partial charge on any atom is -0.349 e. The molecule has 2 rings (SSSR count). The van der Waals surface area contributed by atoms with Gasteiger partial charge in [0.05, 0.1) is 8.45 Å². The van der Waals surface area contributed by atoms with Crippen molar-refractivity contribution in [3.05, 3.63) is 19.9 Å². The molecule has 0 spiro atoms.